The molecular formula is C10H16N2O2. The average Bonchev–Trinajstić information content (AvgIpc) is 2.84. The van der Waals surface area contributed by atoms with Gasteiger partial charge >= 0.3 is 0 Å². The standard InChI is InChI=1S/C10H16N2O2/c1-11-8(6-13)4-7-5-10(2-3-10)12-9(7)14/h6-8,11H,2-5H2,1H3,(H,12,14)/t7?,8-/m0/s1. The molecule has 1 heterocycles. The van der Waals surface area contributed by atoms with Gasteiger partial charge in [-0.1, -0.05) is 0 Å². The largest absolute Gasteiger partial charge is 0.350 e. The fraction of sp³-hybridized carbons (Fsp3) is 0.800. The molecule has 2 rings (SSSR count). The number of aldehydes is 1. The van der Waals surface area contributed by atoms with Crippen molar-refractivity contribution in [1.82, 2.24) is 10.6 Å². The highest BCUT2D eigenvalue weighted by atomic mass is 16.2. The van der Waals surface area contributed by atoms with Crippen molar-refractivity contribution in [3.63, 3.8) is 0 Å². The van der Waals surface area contributed by atoms with E-state index in [1.165, 1.54) is 0 Å². The van der Waals surface area contributed by atoms with E-state index in [1.54, 1.807) is 7.05 Å². The SMILES string of the molecule is CN[C@H](C=O)CC1CC2(CC2)NC1=O. The van der Waals surface area contributed by atoms with Gasteiger partial charge in [0.15, 0.2) is 0 Å². The summed E-state index contributed by atoms with van der Waals surface area (Å²) in [6, 6.07) is -0.181. The quantitative estimate of drug-likeness (QED) is 0.614. The van der Waals surface area contributed by atoms with Gasteiger partial charge in [-0.2, -0.15) is 0 Å². The summed E-state index contributed by atoms with van der Waals surface area (Å²) < 4.78 is 0. The third kappa shape index (κ3) is 1.66. The van der Waals surface area contributed by atoms with E-state index in [2.05, 4.69) is 10.6 Å². The van der Waals surface area contributed by atoms with E-state index in [9.17, 15) is 9.59 Å². The molecule has 2 N–H and O–H groups in total. The van der Waals surface area contributed by atoms with Gasteiger partial charge in [0.25, 0.3) is 0 Å². The Morgan fingerprint density at radius 2 is 2.43 bits per heavy atom. The first-order chi connectivity index (χ1) is 6.69. The van der Waals surface area contributed by atoms with Crippen molar-refractivity contribution >= 4 is 12.2 Å². The minimum Gasteiger partial charge on any atom is -0.350 e. The van der Waals surface area contributed by atoms with Crippen LogP contribution in [-0.2, 0) is 9.59 Å². The maximum atomic E-state index is 11.5. The Hall–Kier alpha value is -0.900. The predicted octanol–water partition coefficient (Wildman–Crippen LogP) is -0.168. The van der Waals surface area contributed by atoms with Gasteiger partial charge in [-0.05, 0) is 32.7 Å². The molecule has 0 bridgehead atoms. The van der Waals surface area contributed by atoms with E-state index >= 15 is 0 Å². The maximum absolute atomic E-state index is 11.5. The van der Waals surface area contributed by atoms with Crippen molar-refractivity contribution in [2.24, 2.45) is 5.92 Å². The van der Waals surface area contributed by atoms with E-state index in [0.29, 0.717) is 6.42 Å². The van der Waals surface area contributed by atoms with Crippen LogP contribution in [0.3, 0.4) is 0 Å². The Morgan fingerprint density at radius 1 is 1.71 bits per heavy atom. The highest BCUT2D eigenvalue weighted by Crippen LogP contribution is 2.46. The first kappa shape index (κ1) is 9.65. The van der Waals surface area contributed by atoms with Crippen LogP contribution in [0.2, 0.25) is 0 Å². The minimum atomic E-state index is -0.181. The summed E-state index contributed by atoms with van der Waals surface area (Å²) >= 11 is 0. The summed E-state index contributed by atoms with van der Waals surface area (Å²) in [4.78, 5) is 22.2. The second kappa shape index (κ2) is 3.35. The molecule has 2 atom stereocenters. The van der Waals surface area contributed by atoms with Gasteiger partial charge in [0.2, 0.25) is 5.91 Å². The molecule has 78 valence electrons. The fourth-order valence-corrected chi connectivity index (χ4v) is 2.20. The van der Waals surface area contributed by atoms with Crippen LogP contribution in [0.4, 0.5) is 0 Å². The number of carbonyl (C=O) groups is 2. The summed E-state index contributed by atoms with van der Waals surface area (Å²) in [5.41, 5.74) is 0.128. The zero-order valence-corrected chi connectivity index (χ0v) is 8.38. The summed E-state index contributed by atoms with van der Waals surface area (Å²) in [5.74, 6) is 0.157. The second-order valence-electron chi connectivity index (χ2n) is 4.44. The molecule has 14 heavy (non-hydrogen) atoms. The van der Waals surface area contributed by atoms with Gasteiger partial charge in [-0.15, -0.1) is 0 Å². The molecule has 4 nitrogen and oxygen atoms in total. The molecule has 2 fully saturated rings. The van der Waals surface area contributed by atoms with Gasteiger partial charge in [0.1, 0.15) is 6.29 Å². The number of amides is 1. The fourth-order valence-electron chi connectivity index (χ4n) is 2.20. The van der Waals surface area contributed by atoms with Crippen LogP contribution >= 0.6 is 0 Å². The molecule has 1 unspecified atom stereocenters. The summed E-state index contributed by atoms with van der Waals surface area (Å²) in [6.45, 7) is 0. The van der Waals surface area contributed by atoms with Gasteiger partial charge in [0.05, 0.1) is 6.04 Å². The molecule has 1 saturated carbocycles. The monoisotopic (exact) mass is 196 g/mol. The van der Waals surface area contributed by atoms with Gasteiger partial charge in [-0.3, -0.25) is 4.79 Å². The zero-order chi connectivity index (χ0) is 10.2. The number of hydrogen-bond acceptors (Lipinski definition) is 3. The van der Waals surface area contributed by atoms with Crippen molar-refractivity contribution in [3.8, 4) is 0 Å². The third-order valence-electron chi connectivity index (χ3n) is 3.32. The Balaban J connectivity index is 1.92. The molecule has 4 heteroatoms. The van der Waals surface area contributed by atoms with Crippen LogP contribution in [0.1, 0.15) is 25.7 Å². The maximum Gasteiger partial charge on any atom is 0.223 e. The van der Waals surface area contributed by atoms with Crippen LogP contribution in [0.5, 0.6) is 0 Å². The predicted molar refractivity (Wildman–Crippen MR) is 51.7 cm³/mol. The van der Waals surface area contributed by atoms with E-state index < -0.39 is 0 Å². The van der Waals surface area contributed by atoms with Crippen molar-refractivity contribution in [2.75, 3.05) is 7.05 Å². The molecule has 0 radical (unpaired) electrons. The lowest BCUT2D eigenvalue weighted by molar-refractivity contribution is -0.123. The van der Waals surface area contributed by atoms with E-state index in [0.717, 1.165) is 25.5 Å². The molecule has 0 aromatic rings. The van der Waals surface area contributed by atoms with Crippen molar-refractivity contribution in [3.05, 3.63) is 0 Å². The van der Waals surface area contributed by atoms with Gasteiger partial charge in [0, 0.05) is 11.5 Å². The molecule has 1 spiro atoms. The second-order valence-corrected chi connectivity index (χ2v) is 4.44. The van der Waals surface area contributed by atoms with Crippen LogP contribution in [-0.4, -0.2) is 30.8 Å². The Kier molecular flexibility index (Phi) is 2.31. The lowest BCUT2D eigenvalue weighted by atomic mass is 9.96. The molecule has 0 aromatic heterocycles. The van der Waals surface area contributed by atoms with Crippen LogP contribution in [0.25, 0.3) is 0 Å². The van der Waals surface area contributed by atoms with Crippen molar-refractivity contribution < 1.29 is 9.59 Å². The van der Waals surface area contributed by atoms with Crippen LogP contribution in [0.15, 0.2) is 0 Å². The van der Waals surface area contributed by atoms with Crippen LogP contribution in [0, 0.1) is 5.92 Å². The first-order valence-corrected chi connectivity index (χ1v) is 5.14. The topological polar surface area (TPSA) is 58.2 Å². The molecule has 2 aliphatic rings. The third-order valence-corrected chi connectivity index (χ3v) is 3.32. The normalized spacial score (nSPS) is 30.1. The van der Waals surface area contributed by atoms with Crippen molar-refractivity contribution in [1.29, 1.82) is 0 Å². The molecule has 0 aromatic carbocycles. The van der Waals surface area contributed by atoms with E-state index in [4.69, 9.17) is 0 Å². The van der Waals surface area contributed by atoms with Crippen molar-refractivity contribution in [2.45, 2.75) is 37.3 Å². The molecular weight excluding hydrogens is 180 g/mol. The number of carbonyl (C=O) groups excluding carboxylic acids is 2. The Morgan fingerprint density at radius 3 is 2.86 bits per heavy atom. The lowest BCUT2D eigenvalue weighted by Crippen LogP contribution is -2.32. The minimum absolute atomic E-state index is 0.0279. The van der Waals surface area contributed by atoms with Gasteiger partial charge < -0.3 is 15.4 Å². The van der Waals surface area contributed by atoms with Crippen LogP contribution < -0.4 is 10.6 Å². The number of hydrogen-bond donors (Lipinski definition) is 2. The zero-order valence-electron chi connectivity index (χ0n) is 8.38. The highest BCUT2D eigenvalue weighted by Gasteiger charge is 2.52. The Bertz CT molecular complexity index is 261. The molecule has 1 aliphatic carbocycles. The summed E-state index contributed by atoms with van der Waals surface area (Å²) in [7, 11) is 1.75. The molecule has 1 amide bonds. The summed E-state index contributed by atoms with van der Waals surface area (Å²) in [6.07, 6.45) is 4.65. The molecule has 1 aliphatic heterocycles. The average molecular weight is 196 g/mol. The Labute approximate surface area is 83.4 Å². The first-order valence-electron chi connectivity index (χ1n) is 5.14. The highest BCUT2D eigenvalue weighted by molar-refractivity contribution is 5.83. The molecule has 1 saturated heterocycles. The number of nitrogens with one attached hydrogen (secondary N) is 2. The number of rotatable bonds is 4. The van der Waals surface area contributed by atoms with E-state index in [-0.39, 0.29) is 23.4 Å². The summed E-state index contributed by atoms with van der Waals surface area (Å²) in [5, 5.41) is 5.92. The smallest absolute Gasteiger partial charge is 0.223 e. The van der Waals surface area contributed by atoms with Gasteiger partial charge in [-0.25, -0.2) is 0 Å². The van der Waals surface area contributed by atoms with E-state index in [1.807, 2.05) is 0 Å². The number of likely N-dealkylation sites (N-methyl/N-ethyl adjacent to an activating group) is 1. The lowest BCUT2D eigenvalue weighted by Gasteiger charge is -2.12.